The molecule has 1 N–H and O–H groups in total. The molecule has 1 aromatic heterocycles. The van der Waals surface area contributed by atoms with E-state index in [0.29, 0.717) is 24.7 Å². The molecule has 0 bridgehead atoms. The van der Waals surface area contributed by atoms with Crippen molar-refractivity contribution in [2.24, 2.45) is 0 Å². The molecule has 0 saturated heterocycles. The van der Waals surface area contributed by atoms with Crippen LogP contribution < -0.4 is 10.1 Å². The second-order valence-corrected chi connectivity index (χ2v) is 6.74. The number of carbonyl (C=O) groups excluding carboxylic acids is 1. The van der Waals surface area contributed by atoms with E-state index in [1.807, 2.05) is 32.0 Å². The maximum absolute atomic E-state index is 13.6. The Labute approximate surface area is 168 Å². The van der Waals surface area contributed by atoms with E-state index in [1.54, 1.807) is 19.2 Å². The van der Waals surface area contributed by atoms with Crippen LogP contribution >= 0.6 is 0 Å². The van der Waals surface area contributed by atoms with Gasteiger partial charge in [-0.05, 0) is 43.2 Å². The Balaban J connectivity index is 1.49. The molecule has 7 nitrogen and oxygen atoms in total. The van der Waals surface area contributed by atoms with Crippen molar-refractivity contribution in [3.05, 3.63) is 71.1 Å². The summed E-state index contributed by atoms with van der Waals surface area (Å²) in [4.78, 5) is 17.9. The lowest BCUT2D eigenvalue weighted by atomic mass is 10.1. The minimum absolute atomic E-state index is 0.134. The van der Waals surface area contributed by atoms with Crippen LogP contribution in [0.1, 0.15) is 22.8 Å². The van der Waals surface area contributed by atoms with Crippen molar-refractivity contribution in [2.45, 2.75) is 26.9 Å². The number of hydrogen-bond acceptors (Lipinski definition) is 5. The lowest BCUT2D eigenvalue weighted by Crippen LogP contribution is -2.33. The number of para-hydroxylation sites is 1. The third-order valence-electron chi connectivity index (χ3n) is 4.34. The van der Waals surface area contributed by atoms with Crippen molar-refractivity contribution in [3.8, 4) is 5.75 Å². The van der Waals surface area contributed by atoms with Gasteiger partial charge in [-0.3, -0.25) is 0 Å². The number of aryl methyl sites for hydroxylation is 2. The molecule has 2 aromatic carbocycles. The molecule has 0 aliphatic carbocycles. The van der Waals surface area contributed by atoms with Crippen molar-refractivity contribution in [2.75, 3.05) is 18.9 Å². The summed E-state index contributed by atoms with van der Waals surface area (Å²) in [5.41, 5.74) is 2.26. The number of benzene rings is 2. The van der Waals surface area contributed by atoms with Crippen LogP contribution in [0.5, 0.6) is 5.75 Å². The van der Waals surface area contributed by atoms with E-state index in [2.05, 4.69) is 15.5 Å². The molecule has 8 heteroatoms. The summed E-state index contributed by atoms with van der Waals surface area (Å²) >= 11 is 0. The van der Waals surface area contributed by atoms with E-state index in [-0.39, 0.29) is 12.3 Å². The Morgan fingerprint density at radius 1 is 1.24 bits per heavy atom. The fraction of sp³-hybridized carbons (Fsp3) is 0.286. The maximum atomic E-state index is 13.6. The largest absolute Gasteiger partial charge is 0.483 e. The smallest absolute Gasteiger partial charge is 0.321 e. The van der Waals surface area contributed by atoms with Gasteiger partial charge < -0.3 is 19.5 Å². The van der Waals surface area contributed by atoms with Crippen LogP contribution in [0.2, 0.25) is 0 Å². The van der Waals surface area contributed by atoms with Crippen LogP contribution in [-0.4, -0.2) is 34.7 Å². The number of likely N-dealkylation sites (N-methyl/N-ethyl adjacent to an activating group) is 1. The Bertz CT molecular complexity index is 990. The van der Waals surface area contributed by atoms with Crippen molar-refractivity contribution >= 4 is 11.7 Å². The van der Waals surface area contributed by atoms with Gasteiger partial charge in [0.25, 0.3) is 5.89 Å². The van der Waals surface area contributed by atoms with Gasteiger partial charge in [0.05, 0.1) is 5.69 Å². The van der Waals surface area contributed by atoms with E-state index < -0.39 is 11.8 Å². The van der Waals surface area contributed by atoms with Crippen LogP contribution in [0.4, 0.5) is 14.9 Å². The Morgan fingerprint density at radius 3 is 2.83 bits per heavy atom. The molecule has 0 unspecified atom stereocenters. The minimum atomic E-state index is -0.485. The summed E-state index contributed by atoms with van der Waals surface area (Å²) in [6.45, 7) is 4.48. The molecule has 0 radical (unpaired) electrons. The first-order valence-corrected chi connectivity index (χ1v) is 9.20. The lowest BCUT2D eigenvalue weighted by Gasteiger charge is -2.17. The first-order valence-electron chi connectivity index (χ1n) is 9.20. The number of carbonyl (C=O) groups is 1. The Hall–Kier alpha value is -3.42. The fourth-order valence-corrected chi connectivity index (χ4v) is 2.60. The van der Waals surface area contributed by atoms with E-state index in [9.17, 15) is 9.18 Å². The number of hydrogen-bond donors (Lipinski definition) is 1. The van der Waals surface area contributed by atoms with E-state index >= 15 is 0 Å². The average Bonchev–Trinajstić information content (AvgIpc) is 3.16. The van der Waals surface area contributed by atoms with Crippen molar-refractivity contribution < 1.29 is 18.4 Å². The summed E-state index contributed by atoms with van der Waals surface area (Å²) in [6.07, 6.45) is 0.397. The average molecular weight is 398 g/mol. The highest BCUT2D eigenvalue weighted by Crippen LogP contribution is 2.20. The lowest BCUT2D eigenvalue weighted by molar-refractivity contribution is 0.222. The van der Waals surface area contributed by atoms with Crippen molar-refractivity contribution in [1.29, 1.82) is 0 Å². The number of halogens is 1. The van der Waals surface area contributed by atoms with Gasteiger partial charge in [-0.2, -0.15) is 4.98 Å². The van der Waals surface area contributed by atoms with Gasteiger partial charge in [-0.25, -0.2) is 9.18 Å². The van der Waals surface area contributed by atoms with Gasteiger partial charge in [-0.1, -0.05) is 29.4 Å². The van der Waals surface area contributed by atoms with Crippen molar-refractivity contribution in [3.63, 3.8) is 0 Å². The van der Waals surface area contributed by atoms with Gasteiger partial charge >= 0.3 is 6.03 Å². The summed E-state index contributed by atoms with van der Waals surface area (Å²) in [5.74, 6) is 1.12. The monoisotopic (exact) mass is 398 g/mol. The van der Waals surface area contributed by atoms with Gasteiger partial charge in [0.2, 0.25) is 0 Å². The molecule has 2 amide bonds. The molecule has 3 aromatic rings. The molecule has 0 atom stereocenters. The number of rotatable bonds is 7. The van der Waals surface area contributed by atoms with Gasteiger partial charge in [0.1, 0.15) is 11.6 Å². The predicted octanol–water partition coefficient (Wildman–Crippen LogP) is 4.11. The number of anilines is 1. The maximum Gasteiger partial charge on any atom is 0.321 e. The SMILES string of the molecule is Cc1ccc(C)c(OCc2nc(CCN(C)C(=O)Nc3ccccc3F)no2)c1. The number of urea groups is 1. The van der Waals surface area contributed by atoms with E-state index in [4.69, 9.17) is 9.26 Å². The van der Waals surface area contributed by atoms with Gasteiger partial charge in [0.15, 0.2) is 12.4 Å². The number of nitrogens with one attached hydrogen (secondary N) is 1. The summed E-state index contributed by atoms with van der Waals surface area (Å²) < 4.78 is 24.6. The molecule has 0 fully saturated rings. The van der Waals surface area contributed by atoms with Crippen LogP contribution in [0.15, 0.2) is 47.0 Å². The third kappa shape index (κ3) is 5.54. The van der Waals surface area contributed by atoms with Crippen LogP contribution in [0.25, 0.3) is 0 Å². The number of amides is 2. The van der Waals surface area contributed by atoms with Crippen molar-refractivity contribution in [1.82, 2.24) is 15.0 Å². The topological polar surface area (TPSA) is 80.5 Å². The normalized spacial score (nSPS) is 10.6. The van der Waals surface area contributed by atoms with Crippen LogP contribution in [-0.2, 0) is 13.0 Å². The quantitative estimate of drug-likeness (QED) is 0.648. The number of aromatic nitrogens is 2. The van der Waals surface area contributed by atoms with E-state index in [1.165, 1.54) is 17.0 Å². The molecular formula is C21H23FN4O3. The second kappa shape index (κ2) is 9.18. The summed E-state index contributed by atoms with van der Waals surface area (Å²) in [6, 6.07) is 11.6. The molecule has 0 aliphatic rings. The first-order chi connectivity index (χ1) is 13.9. The molecule has 3 rings (SSSR count). The third-order valence-corrected chi connectivity index (χ3v) is 4.34. The van der Waals surface area contributed by atoms with Crippen LogP contribution in [0.3, 0.4) is 0 Å². The van der Waals surface area contributed by atoms with Gasteiger partial charge in [-0.15, -0.1) is 0 Å². The first kappa shape index (κ1) is 20.3. The highest BCUT2D eigenvalue weighted by atomic mass is 19.1. The number of ether oxygens (including phenoxy) is 1. The molecule has 0 spiro atoms. The van der Waals surface area contributed by atoms with E-state index in [0.717, 1.165) is 16.9 Å². The zero-order chi connectivity index (χ0) is 20.8. The predicted molar refractivity (Wildman–Crippen MR) is 106 cm³/mol. The van der Waals surface area contributed by atoms with Gasteiger partial charge in [0, 0.05) is 20.0 Å². The summed E-state index contributed by atoms with van der Waals surface area (Å²) in [5, 5.41) is 6.44. The fourth-order valence-electron chi connectivity index (χ4n) is 2.60. The highest BCUT2D eigenvalue weighted by Gasteiger charge is 2.13. The molecule has 0 aliphatic heterocycles. The zero-order valence-electron chi connectivity index (χ0n) is 16.6. The van der Waals surface area contributed by atoms with Crippen LogP contribution in [0, 0.1) is 19.7 Å². The summed E-state index contributed by atoms with van der Waals surface area (Å²) in [7, 11) is 1.61. The molecule has 29 heavy (non-hydrogen) atoms. The molecule has 0 saturated carbocycles. The molecule has 152 valence electrons. The highest BCUT2D eigenvalue weighted by molar-refractivity contribution is 5.89. The molecule has 1 heterocycles. The Kier molecular flexibility index (Phi) is 6.43. The zero-order valence-corrected chi connectivity index (χ0v) is 16.6. The Morgan fingerprint density at radius 2 is 2.03 bits per heavy atom. The second-order valence-electron chi connectivity index (χ2n) is 6.74. The number of nitrogens with zero attached hydrogens (tertiary/aromatic N) is 3. The molecular weight excluding hydrogens is 375 g/mol. The minimum Gasteiger partial charge on any atom is -0.483 e. The standard InChI is InChI=1S/C21H23FN4O3/c1-14-8-9-15(2)18(12-14)28-13-20-24-19(25-29-20)10-11-26(3)21(27)23-17-7-5-4-6-16(17)22/h4-9,12H,10-11,13H2,1-3H3,(H,23,27).